The number of hydrogen-bond acceptors (Lipinski definition) is 4. The van der Waals surface area contributed by atoms with Crippen LogP contribution >= 0.6 is 0 Å². The van der Waals surface area contributed by atoms with Crippen molar-refractivity contribution in [3.05, 3.63) is 194 Å². The van der Waals surface area contributed by atoms with E-state index in [4.69, 9.17) is 19.4 Å². The van der Waals surface area contributed by atoms with E-state index in [2.05, 4.69) is 180 Å². The summed E-state index contributed by atoms with van der Waals surface area (Å²) in [6.07, 6.45) is 0. The lowest BCUT2D eigenvalue weighted by Crippen LogP contribution is -2.01. The molecule has 0 N–H and O–H groups in total. The molecule has 0 unspecified atom stereocenters. The van der Waals surface area contributed by atoms with Crippen LogP contribution in [0.2, 0.25) is 0 Å². The highest BCUT2D eigenvalue weighted by Gasteiger charge is 2.23. The van der Waals surface area contributed by atoms with Crippen LogP contribution in [0, 0.1) is 0 Å². The zero-order chi connectivity index (χ0) is 38.2. The molecule has 0 amide bonds. The average Bonchev–Trinajstić information content (AvgIpc) is 3.84. The number of fused-ring (bicyclic) bond motifs is 8. The Morgan fingerprint density at radius 2 is 0.966 bits per heavy atom. The van der Waals surface area contributed by atoms with Crippen molar-refractivity contribution in [1.29, 1.82) is 0 Å². The molecule has 3 aromatic heterocycles. The second-order valence-electron chi connectivity index (χ2n) is 14.8. The Morgan fingerprint density at radius 3 is 1.79 bits per heavy atom. The van der Waals surface area contributed by atoms with Crippen molar-refractivity contribution in [3.63, 3.8) is 0 Å². The molecule has 0 spiro atoms. The molecule has 270 valence electrons. The Balaban J connectivity index is 1.13. The molecular weight excluding hydrogens is 709 g/mol. The van der Waals surface area contributed by atoms with E-state index in [1.807, 2.05) is 18.2 Å². The second kappa shape index (κ2) is 12.8. The van der Waals surface area contributed by atoms with Gasteiger partial charge in [-0.3, -0.25) is 0 Å². The van der Waals surface area contributed by atoms with Crippen molar-refractivity contribution in [3.8, 4) is 51.0 Å². The first-order chi connectivity index (χ1) is 28.7. The molecule has 0 saturated carbocycles. The summed E-state index contributed by atoms with van der Waals surface area (Å²) in [6, 6.07) is 67.9. The fraction of sp³-hybridized carbons (Fsp3) is 0. The van der Waals surface area contributed by atoms with Crippen LogP contribution in [0.3, 0.4) is 0 Å². The topological polar surface area (TPSA) is 56.7 Å². The zero-order valence-corrected chi connectivity index (χ0v) is 31.2. The van der Waals surface area contributed by atoms with Crippen LogP contribution in [-0.2, 0) is 0 Å². The third-order valence-corrected chi connectivity index (χ3v) is 11.4. The van der Waals surface area contributed by atoms with Crippen LogP contribution in [0.4, 0.5) is 0 Å². The minimum atomic E-state index is 0.580. The first-order valence-corrected chi connectivity index (χ1v) is 19.5. The molecule has 58 heavy (non-hydrogen) atoms. The Labute approximate surface area is 333 Å². The van der Waals surface area contributed by atoms with Gasteiger partial charge in [-0.25, -0.2) is 15.0 Å². The molecule has 0 aliphatic rings. The molecule has 9 aromatic carbocycles. The number of furan rings is 1. The highest BCUT2D eigenvalue weighted by atomic mass is 16.3. The molecule has 0 saturated heterocycles. The predicted octanol–water partition coefficient (Wildman–Crippen LogP) is 13.8. The SMILES string of the molecule is c1ccc(-c2ccc(-c3nc(-c4cccc5ccccc45)nc(-c4ccc(-n5c6ccccc6c6cc7ccccc7cc65)c5oc6ccccc6c45)n3)cc2)cc1. The average molecular weight is 741 g/mol. The van der Waals surface area contributed by atoms with Gasteiger partial charge in [0, 0.05) is 38.2 Å². The van der Waals surface area contributed by atoms with Crippen LogP contribution in [0.5, 0.6) is 0 Å². The maximum absolute atomic E-state index is 6.91. The van der Waals surface area contributed by atoms with E-state index in [1.165, 1.54) is 21.5 Å². The quantitative estimate of drug-likeness (QED) is 0.176. The molecular formula is C53H32N4O. The van der Waals surface area contributed by atoms with E-state index in [0.717, 1.165) is 77.2 Å². The molecule has 5 heteroatoms. The summed E-state index contributed by atoms with van der Waals surface area (Å²) in [4.78, 5) is 15.8. The fourth-order valence-electron chi connectivity index (χ4n) is 8.70. The van der Waals surface area contributed by atoms with Gasteiger partial charge in [-0.15, -0.1) is 0 Å². The second-order valence-corrected chi connectivity index (χ2v) is 14.8. The molecule has 0 aliphatic carbocycles. The standard InChI is InChI=1S/C53H32N4O/c1-2-13-33(14-3-1)34-25-27-36(28-26-34)51-54-52(41-22-12-18-35-15-6-7-19-39(35)41)56-53(55-51)43-29-30-46(50-49(43)42-21-9-11-24-48(42)58-50)57-45-23-10-8-20-40(45)44-31-37-16-4-5-17-38(37)32-47(44)57/h1-32H. The predicted molar refractivity (Wildman–Crippen MR) is 238 cm³/mol. The van der Waals surface area contributed by atoms with E-state index in [-0.39, 0.29) is 0 Å². The van der Waals surface area contributed by atoms with Gasteiger partial charge in [-0.2, -0.15) is 0 Å². The van der Waals surface area contributed by atoms with Gasteiger partial charge in [0.2, 0.25) is 0 Å². The normalized spacial score (nSPS) is 11.8. The van der Waals surface area contributed by atoms with Gasteiger partial charge in [0.05, 0.1) is 16.7 Å². The first-order valence-electron chi connectivity index (χ1n) is 19.5. The van der Waals surface area contributed by atoms with Crippen LogP contribution in [-0.4, -0.2) is 19.5 Å². The van der Waals surface area contributed by atoms with E-state index in [0.29, 0.717) is 17.5 Å². The van der Waals surface area contributed by atoms with Crippen molar-refractivity contribution in [2.45, 2.75) is 0 Å². The molecule has 0 atom stereocenters. The highest BCUT2D eigenvalue weighted by Crippen LogP contribution is 2.43. The number of benzene rings is 9. The molecule has 5 nitrogen and oxygen atoms in total. The van der Waals surface area contributed by atoms with Crippen LogP contribution in [0.1, 0.15) is 0 Å². The van der Waals surface area contributed by atoms with E-state index in [9.17, 15) is 0 Å². The van der Waals surface area contributed by atoms with Gasteiger partial charge >= 0.3 is 0 Å². The van der Waals surface area contributed by atoms with Crippen molar-refractivity contribution in [1.82, 2.24) is 19.5 Å². The Hall–Kier alpha value is -7.89. The molecule has 0 radical (unpaired) electrons. The van der Waals surface area contributed by atoms with E-state index in [1.54, 1.807) is 0 Å². The highest BCUT2D eigenvalue weighted by molar-refractivity contribution is 6.18. The van der Waals surface area contributed by atoms with Crippen LogP contribution in [0.15, 0.2) is 199 Å². The van der Waals surface area contributed by atoms with Gasteiger partial charge in [0.1, 0.15) is 5.58 Å². The lowest BCUT2D eigenvalue weighted by Gasteiger charge is -2.13. The minimum absolute atomic E-state index is 0.580. The molecule has 0 fully saturated rings. The first kappa shape index (κ1) is 32.4. The maximum atomic E-state index is 6.91. The molecule has 3 heterocycles. The summed E-state index contributed by atoms with van der Waals surface area (Å²) < 4.78 is 9.25. The van der Waals surface area contributed by atoms with Crippen molar-refractivity contribution in [2.75, 3.05) is 0 Å². The zero-order valence-electron chi connectivity index (χ0n) is 31.2. The van der Waals surface area contributed by atoms with Gasteiger partial charge in [0.15, 0.2) is 23.1 Å². The Morgan fingerprint density at radius 1 is 0.362 bits per heavy atom. The third kappa shape index (κ3) is 5.07. The number of rotatable bonds is 5. The summed E-state index contributed by atoms with van der Waals surface area (Å²) in [5.74, 6) is 1.80. The van der Waals surface area contributed by atoms with Gasteiger partial charge in [-0.1, -0.05) is 158 Å². The number of nitrogens with zero attached hydrogens (tertiary/aromatic N) is 4. The molecule has 0 bridgehead atoms. The molecule has 0 aliphatic heterocycles. The smallest absolute Gasteiger partial charge is 0.164 e. The van der Waals surface area contributed by atoms with E-state index >= 15 is 0 Å². The van der Waals surface area contributed by atoms with Gasteiger partial charge < -0.3 is 8.98 Å². The fourth-order valence-corrected chi connectivity index (χ4v) is 8.70. The summed E-state index contributed by atoms with van der Waals surface area (Å²) in [6.45, 7) is 0. The summed E-state index contributed by atoms with van der Waals surface area (Å²) in [5.41, 5.74) is 9.79. The summed E-state index contributed by atoms with van der Waals surface area (Å²) in [5, 5.41) is 8.96. The third-order valence-electron chi connectivity index (χ3n) is 11.4. The van der Waals surface area contributed by atoms with Crippen molar-refractivity contribution in [2.24, 2.45) is 0 Å². The molecule has 12 aromatic rings. The lowest BCUT2D eigenvalue weighted by molar-refractivity contribution is 0.666. The molecule has 12 rings (SSSR count). The number of hydrogen-bond donors (Lipinski definition) is 0. The van der Waals surface area contributed by atoms with Crippen LogP contribution in [0.25, 0.3) is 116 Å². The van der Waals surface area contributed by atoms with Gasteiger partial charge in [-0.05, 0) is 69.1 Å². The summed E-state index contributed by atoms with van der Waals surface area (Å²) >= 11 is 0. The van der Waals surface area contributed by atoms with Gasteiger partial charge in [0.25, 0.3) is 0 Å². The Bertz CT molecular complexity index is 3560. The van der Waals surface area contributed by atoms with Crippen LogP contribution < -0.4 is 0 Å². The minimum Gasteiger partial charge on any atom is -0.454 e. The lowest BCUT2D eigenvalue weighted by atomic mass is 10.0. The Kier molecular flexibility index (Phi) is 7.16. The van der Waals surface area contributed by atoms with Crippen molar-refractivity contribution >= 4 is 65.3 Å². The maximum Gasteiger partial charge on any atom is 0.164 e. The van der Waals surface area contributed by atoms with E-state index < -0.39 is 0 Å². The van der Waals surface area contributed by atoms with Crippen molar-refractivity contribution < 1.29 is 4.42 Å². The largest absolute Gasteiger partial charge is 0.454 e. The monoisotopic (exact) mass is 740 g/mol. The number of para-hydroxylation sites is 2. The number of aromatic nitrogens is 4. The summed E-state index contributed by atoms with van der Waals surface area (Å²) in [7, 11) is 0.